The summed E-state index contributed by atoms with van der Waals surface area (Å²) >= 11 is 0. The van der Waals surface area contributed by atoms with Crippen LogP contribution in [0.25, 0.3) is 0 Å². The lowest BCUT2D eigenvalue weighted by molar-refractivity contribution is 0.230. The molecule has 0 bridgehead atoms. The first-order chi connectivity index (χ1) is 10.2. The average Bonchev–Trinajstić information content (AvgIpc) is 2.52. The molecule has 0 amide bonds. The molecule has 0 saturated heterocycles. The fraction of sp³-hybridized carbons (Fsp3) is 0.667. The number of benzene rings is 1. The second-order valence-corrected chi connectivity index (χ2v) is 6.87. The van der Waals surface area contributed by atoms with Crippen LogP contribution in [0.1, 0.15) is 32.6 Å². The van der Waals surface area contributed by atoms with Crippen LogP contribution in [0.3, 0.4) is 0 Å². The van der Waals surface area contributed by atoms with Crippen molar-refractivity contribution >= 4 is 11.4 Å². The van der Waals surface area contributed by atoms with Crippen LogP contribution in [0.2, 0.25) is 0 Å². The number of nitrogens with two attached hydrogens (primary N) is 1. The second-order valence-electron chi connectivity index (χ2n) is 6.87. The second kappa shape index (κ2) is 6.27. The maximum Gasteiger partial charge on any atom is 0.0604 e. The third kappa shape index (κ3) is 3.03. The number of hydrogen-bond acceptors (Lipinski definition) is 3. The smallest absolute Gasteiger partial charge is 0.0604 e. The van der Waals surface area contributed by atoms with Gasteiger partial charge >= 0.3 is 0 Å². The summed E-state index contributed by atoms with van der Waals surface area (Å²) in [5.41, 5.74) is 9.17. The lowest BCUT2D eigenvalue weighted by Crippen LogP contribution is -2.47. The van der Waals surface area contributed by atoms with Gasteiger partial charge in [0.05, 0.1) is 11.4 Å². The summed E-state index contributed by atoms with van der Waals surface area (Å²) < 4.78 is 0. The Kier molecular flexibility index (Phi) is 4.39. The zero-order chi connectivity index (χ0) is 14.8. The van der Waals surface area contributed by atoms with Gasteiger partial charge in [0.15, 0.2) is 0 Å². The first-order valence-corrected chi connectivity index (χ1v) is 8.49. The largest absolute Gasteiger partial charge is 0.371 e. The molecule has 2 N–H and O–H groups in total. The number of hydrogen-bond donors (Lipinski definition) is 1. The zero-order valence-electron chi connectivity index (χ0n) is 13.5. The number of rotatable bonds is 3. The van der Waals surface area contributed by atoms with Crippen LogP contribution in [0.15, 0.2) is 24.3 Å². The van der Waals surface area contributed by atoms with Crippen LogP contribution >= 0.6 is 0 Å². The number of anilines is 2. The van der Waals surface area contributed by atoms with Gasteiger partial charge in [-0.15, -0.1) is 0 Å². The highest BCUT2D eigenvalue weighted by Crippen LogP contribution is 2.35. The van der Waals surface area contributed by atoms with Gasteiger partial charge < -0.3 is 15.5 Å². The molecule has 0 aromatic heterocycles. The molecule has 116 valence electrons. The highest BCUT2D eigenvalue weighted by Gasteiger charge is 2.30. The number of likely N-dealkylation sites (N-methyl/N-ethyl adjacent to an activating group) is 1. The van der Waals surface area contributed by atoms with Crippen molar-refractivity contribution in [1.29, 1.82) is 0 Å². The molecule has 1 aromatic carbocycles. The molecule has 3 nitrogen and oxygen atoms in total. The van der Waals surface area contributed by atoms with Gasteiger partial charge in [0.25, 0.3) is 0 Å². The normalized spacial score (nSPS) is 29.4. The molecule has 0 radical (unpaired) electrons. The number of fused-ring (bicyclic) bond motifs is 1. The molecule has 1 fully saturated rings. The summed E-state index contributed by atoms with van der Waals surface area (Å²) in [7, 11) is 2.19. The fourth-order valence-electron chi connectivity index (χ4n) is 4.00. The molecule has 1 saturated carbocycles. The van der Waals surface area contributed by atoms with Gasteiger partial charge in [0, 0.05) is 32.7 Å². The van der Waals surface area contributed by atoms with Gasteiger partial charge in [-0.05, 0) is 43.2 Å². The van der Waals surface area contributed by atoms with E-state index in [4.69, 9.17) is 5.73 Å². The molecule has 0 spiro atoms. The molecule has 2 aliphatic rings. The molecule has 1 aliphatic carbocycles. The monoisotopic (exact) mass is 287 g/mol. The van der Waals surface area contributed by atoms with Crippen molar-refractivity contribution in [1.82, 2.24) is 0 Å². The van der Waals surface area contributed by atoms with E-state index in [9.17, 15) is 0 Å². The molecular weight excluding hydrogens is 258 g/mol. The lowest BCUT2D eigenvalue weighted by atomic mass is 9.77. The fourth-order valence-corrected chi connectivity index (χ4v) is 4.00. The number of nitrogens with zero attached hydrogens (tertiary/aromatic N) is 2. The first kappa shape index (κ1) is 14.7. The van der Waals surface area contributed by atoms with Crippen LogP contribution in [0.5, 0.6) is 0 Å². The van der Waals surface area contributed by atoms with Crippen molar-refractivity contribution in [2.24, 2.45) is 17.6 Å². The third-order valence-electron chi connectivity index (χ3n) is 5.52. The first-order valence-electron chi connectivity index (χ1n) is 8.49. The van der Waals surface area contributed by atoms with Crippen LogP contribution in [0.4, 0.5) is 11.4 Å². The van der Waals surface area contributed by atoms with Crippen LogP contribution in [0, 0.1) is 11.8 Å². The summed E-state index contributed by atoms with van der Waals surface area (Å²) in [6.45, 7) is 5.68. The Bertz CT molecular complexity index is 473. The van der Waals surface area contributed by atoms with Crippen molar-refractivity contribution < 1.29 is 0 Å². The molecular formula is C18H29N3. The van der Waals surface area contributed by atoms with Gasteiger partial charge in [-0.25, -0.2) is 0 Å². The molecule has 1 heterocycles. The van der Waals surface area contributed by atoms with E-state index in [1.807, 2.05) is 0 Å². The van der Waals surface area contributed by atoms with E-state index in [1.165, 1.54) is 37.1 Å². The quantitative estimate of drug-likeness (QED) is 0.927. The Hall–Kier alpha value is -1.22. The molecule has 3 heteroatoms. The molecule has 3 atom stereocenters. The van der Waals surface area contributed by atoms with E-state index in [0.29, 0.717) is 12.0 Å². The number of para-hydroxylation sites is 2. The van der Waals surface area contributed by atoms with Crippen LogP contribution < -0.4 is 15.5 Å². The van der Waals surface area contributed by atoms with E-state index in [-0.39, 0.29) is 0 Å². The highest BCUT2D eigenvalue weighted by molar-refractivity contribution is 5.73. The minimum absolute atomic E-state index is 0.389. The van der Waals surface area contributed by atoms with Gasteiger partial charge in [-0.1, -0.05) is 25.5 Å². The lowest BCUT2D eigenvalue weighted by Gasteiger charge is -2.42. The van der Waals surface area contributed by atoms with Gasteiger partial charge in [-0.2, -0.15) is 0 Å². The summed E-state index contributed by atoms with van der Waals surface area (Å²) in [6, 6.07) is 9.17. The molecule has 3 rings (SSSR count). The van der Waals surface area contributed by atoms with Gasteiger partial charge in [-0.3, -0.25) is 0 Å². The Morgan fingerprint density at radius 2 is 1.90 bits per heavy atom. The van der Waals surface area contributed by atoms with E-state index in [2.05, 4.69) is 48.0 Å². The van der Waals surface area contributed by atoms with Gasteiger partial charge in [0.1, 0.15) is 0 Å². The van der Waals surface area contributed by atoms with Crippen molar-refractivity contribution in [2.75, 3.05) is 36.5 Å². The SMILES string of the molecule is CCC1CCC(N)C(CN2CCN(C)c3ccccc32)C1. The minimum atomic E-state index is 0.389. The minimum Gasteiger partial charge on any atom is -0.371 e. The Morgan fingerprint density at radius 3 is 2.67 bits per heavy atom. The Labute approximate surface area is 129 Å². The van der Waals surface area contributed by atoms with E-state index in [1.54, 1.807) is 0 Å². The van der Waals surface area contributed by atoms with E-state index in [0.717, 1.165) is 25.6 Å². The van der Waals surface area contributed by atoms with Crippen molar-refractivity contribution in [3.8, 4) is 0 Å². The summed E-state index contributed by atoms with van der Waals surface area (Å²) in [5.74, 6) is 1.54. The van der Waals surface area contributed by atoms with Crippen molar-refractivity contribution in [3.05, 3.63) is 24.3 Å². The summed E-state index contributed by atoms with van der Waals surface area (Å²) in [4.78, 5) is 4.93. The maximum atomic E-state index is 6.42. The maximum absolute atomic E-state index is 6.42. The standard InChI is InChI=1S/C18H29N3/c1-3-14-8-9-16(19)15(12-14)13-21-11-10-20(2)17-6-4-5-7-18(17)21/h4-7,14-16H,3,8-13,19H2,1-2H3. The average molecular weight is 287 g/mol. The van der Waals surface area contributed by atoms with Crippen LogP contribution in [-0.2, 0) is 0 Å². The molecule has 1 aromatic rings. The predicted molar refractivity (Wildman–Crippen MR) is 91.0 cm³/mol. The topological polar surface area (TPSA) is 32.5 Å². The summed E-state index contributed by atoms with van der Waals surface area (Å²) in [5, 5.41) is 0. The molecule has 3 unspecified atom stereocenters. The summed E-state index contributed by atoms with van der Waals surface area (Å²) in [6.07, 6.45) is 5.15. The molecule has 1 aliphatic heterocycles. The Morgan fingerprint density at radius 1 is 1.14 bits per heavy atom. The van der Waals surface area contributed by atoms with Crippen LogP contribution in [-0.4, -0.2) is 32.7 Å². The Balaban J connectivity index is 1.74. The molecule has 21 heavy (non-hydrogen) atoms. The van der Waals surface area contributed by atoms with Gasteiger partial charge in [0.2, 0.25) is 0 Å². The van der Waals surface area contributed by atoms with E-state index >= 15 is 0 Å². The zero-order valence-corrected chi connectivity index (χ0v) is 13.5. The predicted octanol–water partition coefficient (Wildman–Crippen LogP) is 3.10. The highest BCUT2D eigenvalue weighted by atomic mass is 15.3. The third-order valence-corrected chi connectivity index (χ3v) is 5.52. The van der Waals surface area contributed by atoms with Crippen molar-refractivity contribution in [2.45, 2.75) is 38.6 Å². The van der Waals surface area contributed by atoms with Crippen molar-refractivity contribution in [3.63, 3.8) is 0 Å². The van der Waals surface area contributed by atoms with E-state index < -0.39 is 0 Å².